The Morgan fingerprint density at radius 3 is 2.61 bits per heavy atom. The Kier molecular flexibility index (Phi) is 6.73. The van der Waals surface area contributed by atoms with Gasteiger partial charge in [-0.15, -0.1) is 0 Å². The Balaban J connectivity index is 2.62. The van der Waals surface area contributed by atoms with Crippen LogP contribution in [0.3, 0.4) is 0 Å². The standard InChI is InChI=1S/C15H26N2O/c1-5-9-16-14(12(3)6-2)10-13-7-8-15(18-4)17-11-13/h7-8,11-12,14,16H,5-6,9-10H2,1-4H3. The minimum absolute atomic E-state index is 0.533. The lowest BCUT2D eigenvalue weighted by molar-refractivity contribution is 0.364. The molecule has 0 aliphatic carbocycles. The molecule has 1 N–H and O–H groups in total. The number of hydrogen-bond donors (Lipinski definition) is 1. The van der Waals surface area contributed by atoms with Crippen molar-refractivity contribution in [3.8, 4) is 5.88 Å². The number of nitrogens with zero attached hydrogens (tertiary/aromatic N) is 1. The van der Waals surface area contributed by atoms with Gasteiger partial charge in [-0.25, -0.2) is 4.98 Å². The molecule has 0 radical (unpaired) electrons. The maximum Gasteiger partial charge on any atom is 0.212 e. The van der Waals surface area contributed by atoms with Crippen LogP contribution in [0, 0.1) is 5.92 Å². The minimum Gasteiger partial charge on any atom is -0.481 e. The molecule has 102 valence electrons. The van der Waals surface area contributed by atoms with Gasteiger partial charge in [0.25, 0.3) is 0 Å². The molecular weight excluding hydrogens is 224 g/mol. The van der Waals surface area contributed by atoms with Crippen molar-refractivity contribution in [2.24, 2.45) is 5.92 Å². The molecule has 0 bridgehead atoms. The zero-order valence-corrected chi connectivity index (χ0v) is 12.1. The first-order valence-electron chi connectivity index (χ1n) is 6.93. The van der Waals surface area contributed by atoms with Crippen molar-refractivity contribution >= 4 is 0 Å². The predicted octanol–water partition coefficient (Wildman–Crippen LogP) is 3.05. The van der Waals surface area contributed by atoms with E-state index in [1.54, 1.807) is 7.11 Å². The van der Waals surface area contributed by atoms with Crippen molar-refractivity contribution in [1.29, 1.82) is 0 Å². The molecule has 18 heavy (non-hydrogen) atoms. The number of rotatable bonds is 8. The van der Waals surface area contributed by atoms with E-state index in [0.29, 0.717) is 17.8 Å². The van der Waals surface area contributed by atoms with Gasteiger partial charge >= 0.3 is 0 Å². The molecule has 2 unspecified atom stereocenters. The van der Waals surface area contributed by atoms with Gasteiger partial charge in [0, 0.05) is 18.3 Å². The van der Waals surface area contributed by atoms with E-state index in [1.165, 1.54) is 18.4 Å². The van der Waals surface area contributed by atoms with Gasteiger partial charge in [0.2, 0.25) is 5.88 Å². The fourth-order valence-corrected chi connectivity index (χ4v) is 2.00. The summed E-state index contributed by atoms with van der Waals surface area (Å²) in [5.41, 5.74) is 1.27. The average Bonchev–Trinajstić information content (AvgIpc) is 2.43. The molecule has 0 aliphatic rings. The second-order valence-electron chi connectivity index (χ2n) is 4.86. The van der Waals surface area contributed by atoms with Gasteiger partial charge in [-0.05, 0) is 30.9 Å². The number of nitrogens with one attached hydrogen (secondary N) is 1. The summed E-state index contributed by atoms with van der Waals surface area (Å²) in [5.74, 6) is 1.36. The van der Waals surface area contributed by atoms with E-state index >= 15 is 0 Å². The highest BCUT2D eigenvalue weighted by Crippen LogP contribution is 2.15. The number of ether oxygens (including phenoxy) is 1. The van der Waals surface area contributed by atoms with E-state index < -0.39 is 0 Å². The lowest BCUT2D eigenvalue weighted by Crippen LogP contribution is -2.37. The van der Waals surface area contributed by atoms with E-state index in [9.17, 15) is 0 Å². The summed E-state index contributed by atoms with van der Waals surface area (Å²) in [6.07, 6.45) is 5.33. The van der Waals surface area contributed by atoms with Crippen LogP contribution in [0.1, 0.15) is 39.2 Å². The number of pyridine rings is 1. The summed E-state index contributed by atoms with van der Waals surface area (Å²) in [4.78, 5) is 4.27. The van der Waals surface area contributed by atoms with Crippen molar-refractivity contribution in [3.05, 3.63) is 23.9 Å². The molecule has 1 aromatic heterocycles. The second kappa shape index (κ2) is 8.09. The third-order valence-corrected chi connectivity index (χ3v) is 3.45. The fourth-order valence-electron chi connectivity index (χ4n) is 2.00. The summed E-state index contributed by atoms with van der Waals surface area (Å²) in [5, 5.41) is 3.64. The topological polar surface area (TPSA) is 34.1 Å². The summed E-state index contributed by atoms with van der Waals surface area (Å²) in [6, 6.07) is 4.57. The normalized spacial score (nSPS) is 14.2. The molecule has 1 rings (SSSR count). The molecule has 0 aliphatic heterocycles. The molecular formula is C15H26N2O. The maximum atomic E-state index is 5.08. The summed E-state index contributed by atoms with van der Waals surface area (Å²) in [6.45, 7) is 7.84. The van der Waals surface area contributed by atoms with Crippen molar-refractivity contribution in [1.82, 2.24) is 10.3 Å². The molecule has 0 fully saturated rings. The highest BCUT2D eigenvalue weighted by molar-refractivity contribution is 5.18. The Hall–Kier alpha value is -1.09. The molecule has 0 amide bonds. The van der Waals surface area contributed by atoms with Gasteiger partial charge in [-0.1, -0.05) is 33.3 Å². The quantitative estimate of drug-likeness (QED) is 0.770. The number of aromatic nitrogens is 1. The molecule has 1 heterocycles. The average molecular weight is 250 g/mol. The van der Waals surface area contributed by atoms with Gasteiger partial charge in [0.05, 0.1) is 7.11 Å². The van der Waals surface area contributed by atoms with Crippen LogP contribution in [-0.2, 0) is 6.42 Å². The fraction of sp³-hybridized carbons (Fsp3) is 0.667. The highest BCUT2D eigenvalue weighted by Gasteiger charge is 2.15. The van der Waals surface area contributed by atoms with Gasteiger partial charge in [0.15, 0.2) is 0 Å². The monoisotopic (exact) mass is 250 g/mol. The van der Waals surface area contributed by atoms with Crippen LogP contribution in [0.25, 0.3) is 0 Å². The zero-order chi connectivity index (χ0) is 13.4. The smallest absolute Gasteiger partial charge is 0.212 e. The molecule has 0 saturated heterocycles. The van der Waals surface area contributed by atoms with Crippen LogP contribution in [0.2, 0.25) is 0 Å². The first-order valence-corrected chi connectivity index (χ1v) is 6.93. The van der Waals surface area contributed by atoms with Crippen LogP contribution in [0.4, 0.5) is 0 Å². The third kappa shape index (κ3) is 4.65. The molecule has 3 heteroatoms. The zero-order valence-electron chi connectivity index (χ0n) is 12.1. The number of methoxy groups -OCH3 is 1. The van der Waals surface area contributed by atoms with Crippen molar-refractivity contribution in [3.63, 3.8) is 0 Å². The third-order valence-electron chi connectivity index (χ3n) is 3.45. The Labute approximate surface area is 111 Å². The van der Waals surface area contributed by atoms with Crippen molar-refractivity contribution in [2.45, 2.75) is 46.1 Å². The van der Waals surface area contributed by atoms with E-state index in [0.717, 1.165) is 13.0 Å². The highest BCUT2D eigenvalue weighted by atomic mass is 16.5. The summed E-state index contributed by atoms with van der Waals surface area (Å²) < 4.78 is 5.08. The molecule has 0 spiro atoms. The van der Waals surface area contributed by atoms with Crippen molar-refractivity contribution in [2.75, 3.05) is 13.7 Å². The van der Waals surface area contributed by atoms with E-state index in [4.69, 9.17) is 4.74 Å². The molecule has 3 nitrogen and oxygen atoms in total. The lowest BCUT2D eigenvalue weighted by Gasteiger charge is -2.24. The second-order valence-corrected chi connectivity index (χ2v) is 4.86. The van der Waals surface area contributed by atoms with E-state index in [1.807, 2.05) is 12.3 Å². The van der Waals surface area contributed by atoms with Crippen molar-refractivity contribution < 1.29 is 4.74 Å². The molecule has 0 aromatic carbocycles. The SMILES string of the molecule is CCCNC(Cc1ccc(OC)nc1)C(C)CC. The Morgan fingerprint density at radius 2 is 2.11 bits per heavy atom. The van der Waals surface area contributed by atoms with Gasteiger partial charge in [-0.2, -0.15) is 0 Å². The van der Waals surface area contributed by atoms with Crippen LogP contribution < -0.4 is 10.1 Å². The summed E-state index contributed by atoms with van der Waals surface area (Å²) in [7, 11) is 1.65. The Morgan fingerprint density at radius 1 is 1.33 bits per heavy atom. The van der Waals surface area contributed by atoms with Crippen LogP contribution >= 0.6 is 0 Å². The van der Waals surface area contributed by atoms with Crippen LogP contribution in [-0.4, -0.2) is 24.7 Å². The molecule has 2 atom stereocenters. The largest absolute Gasteiger partial charge is 0.481 e. The lowest BCUT2D eigenvalue weighted by atomic mass is 9.93. The predicted molar refractivity (Wildman–Crippen MR) is 76.0 cm³/mol. The first-order chi connectivity index (χ1) is 8.71. The first kappa shape index (κ1) is 15.0. The van der Waals surface area contributed by atoms with Gasteiger partial charge in [-0.3, -0.25) is 0 Å². The maximum absolute atomic E-state index is 5.08. The molecule has 0 saturated carbocycles. The summed E-state index contributed by atoms with van der Waals surface area (Å²) >= 11 is 0. The number of hydrogen-bond acceptors (Lipinski definition) is 3. The van der Waals surface area contributed by atoms with Crippen LogP contribution in [0.5, 0.6) is 5.88 Å². The van der Waals surface area contributed by atoms with Gasteiger partial charge in [0.1, 0.15) is 0 Å². The van der Waals surface area contributed by atoms with Crippen LogP contribution in [0.15, 0.2) is 18.3 Å². The molecule has 1 aromatic rings. The van der Waals surface area contributed by atoms with E-state index in [-0.39, 0.29) is 0 Å². The van der Waals surface area contributed by atoms with E-state index in [2.05, 4.69) is 37.1 Å². The van der Waals surface area contributed by atoms with Gasteiger partial charge < -0.3 is 10.1 Å². The minimum atomic E-state index is 0.533. The Bertz CT molecular complexity index is 324.